The van der Waals surface area contributed by atoms with Gasteiger partial charge < -0.3 is 4.42 Å². The van der Waals surface area contributed by atoms with Crippen molar-refractivity contribution in [1.29, 1.82) is 0 Å². The van der Waals surface area contributed by atoms with E-state index in [4.69, 9.17) is 4.42 Å². The van der Waals surface area contributed by atoms with E-state index in [9.17, 15) is 0 Å². The van der Waals surface area contributed by atoms with Gasteiger partial charge in [-0.05, 0) is 26.3 Å². The van der Waals surface area contributed by atoms with Crippen LogP contribution >= 0.6 is 30.1 Å². The molecule has 2 aromatic carbocycles. The van der Waals surface area contributed by atoms with Crippen LogP contribution in [0, 0.1) is 11.2 Å². The molecule has 0 aliphatic carbocycles. The average molecular weight is 350 g/mol. The molecule has 0 fully saturated rings. The summed E-state index contributed by atoms with van der Waals surface area (Å²) in [7, 11) is 1.48. The number of furan rings is 1. The fourth-order valence-corrected chi connectivity index (χ4v) is 2.40. The Morgan fingerprint density at radius 3 is 2.71 bits per heavy atom. The Labute approximate surface area is 115 Å². The second-order valence-electron chi connectivity index (χ2n) is 3.58. The van der Waals surface area contributed by atoms with Crippen LogP contribution in [0.25, 0.3) is 21.9 Å². The number of rotatable bonds is 0. The highest BCUT2D eigenvalue weighted by molar-refractivity contribution is 14.2. The molecule has 17 heavy (non-hydrogen) atoms. The van der Waals surface area contributed by atoms with Crippen molar-refractivity contribution >= 4 is 52.1 Å². The minimum Gasteiger partial charge on any atom is -0.455 e. The lowest BCUT2D eigenvalue weighted by Gasteiger charge is -1.91. The first-order chi connectivity index (χ1) is 8.40. The van der Waals surface area contributed by atoms with Crippen LogP contribution in [0.15, 0.2) is 46.9 Å². The van der Waals surface area contributed by atoms with Crippen molar-refractivity contribution in [2.24, 2.45) is 0 Å². The largest absolute Gasteiger partial charge is 0.455 e. The van der Waals surface area contributed by atoms with Crippen LogP contribution in [0.2, 0.25) is 0 Å². The molecule has 0 aliphatic rings. The standard InChI is InChI=1S/C14H7IOS/c15-17-9-8-10-4-3-6-12-11-5-1-2-7-13(11)16-14(10)12/h1-7H. The molecule has 3 rings (SSSR count). The van der Waals surface area contributed by atoms with Gasteiger partial charge in [0.2, 0.25) is 0 Å². The van der Waals surface area contributed by atoms with Gasteiger partial charge in [0.25, 0.3) is 0 Å². The topological polar surface area (TPSA) is 13.1 Å². The van der Waals surface area contributed by atoms with Crippen molar-refractivity contribution < 1.29 is 4.42 Å². The minimum atomic E-state index is 0.881. The third kappa shape index (κ3) is 1.92. The first kappa shape index (κ1) is 11.0. The molecular weight excluding hydrogens is 343 g/mol. The summed E-state index contributed by atoms with van der Waals surface area (Å²) >= 11 is 2.16. The van der Waals surface area contributed by atoms with Crippen LogP contribution in [0.5, 0.6) is 0 Å². The maximum atomic E-state index is 5.87. The maximum Gasteiger partial charge on any atom is 0.151 e. The summed E-state index contributed by atoms with van der Waals surface area (Å²) in [6, 6.07) is 14.2. The van der Waals surface area contributed by atoms with Gasteiger partial charge in [-0.3, -0.25) is 0 Å². The lowest BCUT2D eigenvalue weighted by atomic mass is 10.1. The van der Waals surface area contributed by atoms with Crippen LogP contribution in [-0.2, 0) is 0 Å². The van der Waals surface area contributed by atoms with E-state index in [1.165, 1.54) is 8.93 Å². The molecule has 1 aromatic heterocycles. The number of fused-ring (bicyclic) bond motifs is 3. The Balaban J connectivity index is 2.39. The summed E-state index contributed by atoms with van der Waals surface area (Å²) in [6.07, 6.45) is 0. The molecule has 0 saturated heterocycles. The second-order valence-corrected chi connectivity index (χ2v) is 5.26. The van der Waals surface area contributed by atoms with Crippen LogP contribution in [0.1, 0.15) is 5.56 Å². The van der Waals surface area contributed by atoms with E-state index in [2.05, 4.69) is 44.5 Å². The van der Waals surface area contributed by atoms with Gasteiger partial charge in [-0.25, -0.2) is 0 Å². The van der Waals surface area contributed by atoms with Crippen molar-refractivity contribution in [3.8, 4) is 11.2 Å². The molecule has 0 amide bonds. The minimum absolute atomic E-state index is 0.881. The number of benzene rings is 2. The second kappa shape index (κ2) is 4.63. The third-order valence-electron chi connectivity index (χ3n) is 2.63. The average Bonchev–Trinajstić information content (AvgIpc) is 2.75. The maximum absolute atomic E-state index is 5.87. The Bertz CT molecular complexity index is 749. The zero-order valence-corrected chi connectivity index (χ0v) is 11.7. The molecule has 0 N–H and O–H groups in total. The molecule has 3 aromatic rings. The van der Waals surface area contributed by atoms with Crippen LogP contribution < -0.4 is 0 Å². The summed E-state index contributed by atoms with van der Waals surface area (Å²) < 4.78 is 5.87. The Kier molecular flexibility index (Phi) is 3.00. The first-order valence-electron chi connectivity index (χ1n) is 5.09. The molecule has 0 atom stereocenters. The molecular formula is C14H7IOS. The summed E-state index contributed by atoms with van der Waals surface area (Å²) in [4.78, 5) is 0. The molecule has 0 unspecified atom stereocenters. The summed E-state index contributed by atoms with van der Waals surface area (Å²) in [5, 5.41) is 5.27. The van der Waals surface area contributed by atoms with Gasteiger partial charge in [-0.2, -0.15) is 0 Å². The third-order valence-corrected chi connectivity index (χ3v) is 3.47. The first-order valence-corrected chi connectivity index (χ1v) is 8.45. The van der Waals surface area contributed by atoms with E-state index in [0.717, 1.165) is 27.5 Å². The highest BCUT2D eigenvalue weighted by Crippen LogP contribution is 2.30. The smallest absolute Gasteiger partial charge is 0.151 e. The van der Waals surface area contributed by atoms with Crippen LogP contribution in [0.4, 0.5) is 0 Å². The molecule has 0 spiro atoms. The number of halogens is 1. The molecule has 0 bridgehead atoms. The van der Waals surface area contributed by atoms with E-state index in [0.29, 0.717) is 0 Å². The predicted octanol–water partition coefficient (Wildman–Crippen LogP) is 4.98. The van der Waals surface area contributed by atoms with E-state index in [1.807, 2.05) is 30.3 Å². The van der Waals surface area contributed by atoms with Crippen molar-refractivity contribution in [2.75, 3.05) is 0 Å². The quantitative estimate of drug-likeness (QED) is 0.419. The highest BCUT2D eigenvalue weighted by atomic mass is 127. The fourth-order valence-electron chi connectivity index (χ4n) is 1.92. The molecule has 0 saturated carbocycles. The van der Waals surface area contributed by atoms with Gasteiger partial charge in [0, 0.05) is 32.0 Å². The molecule has 3 heteroatoms. The van der Waals surface area contributed by atoms with Gasteiger partial charge in [-0.1, -0.05) is 36.3 Å². The van der Waals surface area contributed by atoms with Crippen LogP contribution in [0.3, 0.4) is 0 Å². The SMILES string of the molecule is ISC#Cc1cccc2c1oc1ccccc12. The zero-order chi connectivity index (χ0) is 11.7. The zero-order valence-electron chi connectivity index (χ0n) is 8.74. The lowest BCUT2D eigenvalue weighted by Crippen LogP contribution is -1.73. The van der Waals surface area contributed by atoms with E-state index < -0.39 is 0 Å². The molecule has 0 radical (unpaired) electrons. The van der Waals surface area contributed by atoms with Crippen molar-refractivity contribution in [1.82, 2.24) is 0 Å². The van der Waals surface area contributed by atoms with Gasteiger partial charge in [-0.15, -0.1) is 0 Å². The van der Waals surface area contributed by atoms with E-state index in [1.54, 1.807) is 0 Å². The molecule has 1 nitrogen and oxygen atoms in total. The van der Waals surface area contributed by atoms with Crippen molar-refractivity contribution in [2.45, 2.75) is 0 Å². The van der Waals surface area contributed by atoms with Gasteiger partial charge in [0.1, 0.15) is 5.58 Å². The Morgan fingerprint density at radius 2 is 1.82 bits per heavy atom. The normalized spacial score (nSPS) is 10.4. The van der Waals surface area contributed by atoms with Gasteiger partial charge in [0.05, 0.1) is 5.56 Å². The molecule has 82 valence electrons. The lowest BCUT2D eigenvalue weighted by molar-refractivity contribution is 0.668. The predicted molar refractivity (Wildman–Crippen MR) is 82.2 cm³/mol. The van der Waals surface area contributed by atoms with Crippen molar-refractivity contribution in [3.05, 3.63) is 48.0 Å². The van der Waals surface area contributed by atoms with Crippen molar-refractivity contribution in [3.63, 3.8) is 0 Å². The summed E-state index contributed by atoms with van der Waals surface area (Å²) in [5.74, 6) is 3.11. The monoisotopic (exact) mass is 350 g/mol. The summed E-state index contributed by atoms with van der Waals surface area (Å²) in [6.45, 7) is 0. The fraction of sp³-hybridized carbons (Fsp3) is 0. The Morgan fingerprint density at radius 1 is 1.00 bits per heavy atom. The molecule has 1 heterocycles. The Hall–Kier alpha value is -1.12. The summed E-state index contributed by atoms with van der Waals surface area (Å²) in [5.41, 5.74) is 2.74. The number of hydrogen-bond acceptors (Lipinski definition) is 2. The van der Waals surface area contributed by atoms with Crippen LogP contribution in [-0.4, -0.2) is 0 Å². The van der Waals surface area contributed by atoms with E-state index in [-0.39, 0.29) is 0 Å². The van der Waals surface area contributed by atoms with E-state index >= 15 is 0 Å². The van der Waals surface area contributed by atoms with Gasteiger partial charge >= 0.3 is 0 Å². The number of para-hydroxylation sites is 2. The molecule has 0 aliphatic heterocycles. The highest BCUT2D eigenvalue weighted by Gasteiger charge is 2.08. The number of hydrogen-bond donors (Lipinski definition) is 0. The van der Waals surface area contributed by atoms with Gasteiger partial charge in [0.15, 0.2) is 5.58 Å².